The molecule has 0 atom stereocenters. The van der Waals surface area contributed by atoms with E-state index in [1.165, 1.54) is 5.56 Å². The standard InChI is InChI=1S/C14H18N2O/c1-11(2)16-10-13(9-15-16)14-6-4-3-5-12(14)7-8-17/h3-6,9-11,17H,7-8H2,1-2H3. The van der Waals surface area contributed by atoms with Crippen LogP contribution in [0.4, 0.5) is 0 Å². The monoisotopic (exact) mass is 230 g/mol. The van der Waals surface area contributed by atoms with Gasteiger partial charge in [0, 0.05) is 24.4 Å². The van der Waals surface area contributed by atoms with Crippen molar-refractivity contribution in [2.24, 2.45) is 0 Å². The average Bonchev–Trinajstić information content (AvgIpc) is 2.79. The second-order valence-electron chi connectivity index (χ2n) is 4.43. The van der Waals surface area contributed by atoms with E-state index in [0.717, 1.165) is 11.1 Å². The van der Waals surface area contributed by atoms with Gasteiger partial charge in [-0.1, -0.05) is 24.3 Å². The Morgan fingerprint density at radius 1 is 1.29 bits per heavy atom. The van der Waals surface area contributed by atoms with Crippen molar-refractivity contribution in [3.05, 3.63) is 42.2 Å². The molecule has 0 spiro atoms. The zero-order valence-corrected chi connectivity index (χ0v) is 10.3. The maximum atomic E-state index is 9.06. The Labute approximate surface area is 102 Å². The molecule has 0 saturated carbocycles. The average molecular weight is 230 g/mol. The predicted molar refractivity (Wildman–Crippen MR) is 68.8 cm³/mol. The molecule has 1 heterocycles. The molecule has 0 unspecified atom stereocenters. The lowest BCUT2D eigenvalue weighted by atomic mass is 10.0. The molecule has 0 aliphatic carbocycles. The molecule has 1 aromatic carbocycles. The van der Waals surface area contributed by atoms with Gasteiger partial charge in [0.15, 0.2) is 0 Å². The summed E-state index contributed by atoms with van der Waals surface area (Å²) in [5.41, 5.74) is 3.44. The summed E-state index contributed by atoms with van der Waals surface area (Å²) in [5, 5.41) is 13.4. The van der Waals surface area contributed by atoms with Crippen LogP contribution in [-0.2, 0) is 6.42 Å². The number of nitrogens with zero attached hydrogens (tertiary/aromatic N) is 2. The molecule has 1 N–H and O–H groups in total. The predicted octanol–water partition coefficient (Wildman–Crippen LogP) is 2.67. The Morgan fingerprint density at radius 2 is 2.06 bits per heavy atom. The van der Waals surface area contributed by atoms with Crippen LogP contribution in [0.5, 0.6) is 0 Å². The molecule has 17 heavy (non-hydrogen) atoms. The summed E-state index contributed by atoms with van der Waals surface area (Å²) in [6.07, 6.45) is 4.63. The van der Waals surface area contributed by atoms with Crippen molar-refractivity contribution in [1.29, 1.82) is 0 Å². The lowest BCUT2D eigenvalue weighted by molar-refractivity contribution is 0.300. The Kier molecular flexibility index (Phi) is 3.59. The number of hydrogen-bond donors (Lipinski definition) is 1. The summed E-state index contributed by atoms with van der Waals surface area (Å²) in [4.78, 5) is 0. The van der Waals surface area contributed by atoms with Gasteiger partial charge in [0.1, 0.15) is 0 Å². The van der Waals surface area contributed by atoms with Crippen LogP contribution in [0.3, 0.4) is 0 Å². The van der Waals surface area contributed by atoms with E-state index in [1.54, 1.807) is 0 Å². The fourth-order valence-corrected chi connectivity index (χ4v) is 1.90. The highest BCUT2D eigenvalue weighted by Gasteiger charge is 2.07. The molecule has 90 valence electrons. The Hall–Kier alpha value is -1.61. The maximum absolute atomic E-state index is 9.06. The van der Waals surface area contributed by atoms with Crippen molar-refractivity contribution in [1.82, 2.24) is 9.78 Å². The molecule has 2 rings (SSSR count). The maximum Gasteiger partial charge on any atom is 0.0568 e. The van der Waals surface area contributed by atoms with Crippen LogP contribution < -0.4 is 0 Å². The highest BCUT2D eigenvalue weighted by atomic mass is 16.2. The summed E-state index contributed by atoms with van der Waals surface area (Å²) >= 11 is 0. The quantitative estimate of drug-likeness (QED) is 0.877. The molecule has 0 radical (unpaired) electrons. The third-order valence-corrected chi connectivity index (χ3v) is 2.84. The van der Waals surface area contributed by atoms with Crippen LogP contribution in [0.1, 0.15) is 25.5 Å². The lowest BCUT2D eigenvalue weighted by Crippen LogP contribution is -1.99. The van der Waals surface area contributed by atoms with E-state index in [1.807, 2.05) is 23.0 Å². The van der Waals surface area contributed by atoms with E-state index in [9.17, 15) is 0 Å². The van der Waals surface area contributed by atoms with Gasteiger partial charge in [0.05, 0.1) is 6.20 Å². The minimum atomic E-state index is 0.176. The minimum Gasteiger partial charge on any atom is -0.396 e. The number of aromatic nitrogens is 2. The largest absolute Gasteiger partial charge is 0.396 e. The summed E-state index contributed by atoms with van der Waals surface area (Å²) in [6, 6.07) is 8.52. The number of rotatable bonds is 4. The molecular formula is C14H18N2O. The highest BCUT2D eigenvalue weighted by molar-refractivity contribution is 5.66. The van der Waals surface area contributed by atoms with Crippen molar-refractivity contribution in [3.8, 4) is 11.1 Å². The molecule has 3 heteroatoms. The van der Waals surface area contributed by atoms with E-state index >= 15 is 0 Å². The number of benzene rings is 1. The summed E-state index contributed by atoms with van der Waals surface area (Å²) < 4.78 is 1.95. The normalized spacial score (nSPS) is 11.1. The first-order valence-electron chi connectivity index (χ1n) is 5.95. The van der Waals surface area contributed by atoms with E-state index < -0.39 is 0 Å². The molecule has 2 aromatic rings. The molecule has 1 aromatic heterocycles. The van der Waals surface area contributed by atoms with Crippen molar-refractivity contribution >= 4 is 0 Å². The molecular weight excluding hydrogens is 212 g/mol. The van der Waals surface area contributed by atoms with Gasteiger partial charge in [-0.25, -0.2) is 0 Å². The second kappa shape index (κ2) is 5.15. The molecule has 0 amide bonds. The SMILES string of the molecule is CC(C)n1cc(-c2ccccc2CCO)cn1. The zero-order chi connectivity index (χ0) is 12.3. The van der Waals surface area contributed by atoms with Gasteiger partial charge < -0.3 is 5.11 Å². The number of aliphatic hydroxyl groups is 1. The highest BCUT2D eigenvalue weighted by Crippen LogP contribution is 2.24. The van der Waals surface area contributed by atoms with Crippen molar-refractivity contribution in [2.75, 3.05) is 6.61 Å². The van der Waals surface area contributed by atoms with Gasteiger partial charge in [0.2, 0.25) is 0 Å². The summed E-state index contributed by atoms with van der Waals surface area (Å²) in [7, 11) is 0. The van der Waals surface area contributed by atoms with Crippen LogP contribution in [-0.4, -0.2) is 21.5 Å². The van der Waals surface area contributed by atoms with Gasteiger partial charge in [-0.2, -0.15) is 5.10 Å². The van der Waals surface area contributed by atoms with E-state index in [2.05, 4.69) is 37.3 Å². The fraction of sp³-hybridized carbons (Fsp3) is 0.357. The first-order chi connectivity index (χ1) is 8.22. The summed E-state index contributed by atoms with van der Waals surface area (Å²) in [6.45, 7) is 4.39. The molecule has 0 bridgehead atoms. The van der Waals surface area contributed by atoms with Crippen molar-refractivity contribution < 1.29 is 5.11 Å². The number of hydrogen-bond acceptors (Lipinski definition) is 2. The molecule has 0 aliphatic rings. The van der Waals surface area contributed by atoms with E-state index in [0.29, 0.717) is 12.5 Å². The zero-order valence-electron chi connectivity index (χ0n) is 10.3. The Morgan fingerprint density at radius 3 is 2.71 bits per heavy atom. The van der Waals surface area contributed by atoms with Crippen molar-refractivity contribution in [3.63, 3.8) is 0 Å². The van der Waals surface area contributed by atoms with Gasteiger partial charge in [0.25, 0.3) is 0 Å². The summed E-state index contributed by atoms with van der Waals surface area (Å²) in [5.74, 6) is 0. The van der Waals surface area contributed by atoms with Gasteiger partial charge in [-0.05, 0) is 31.4 Å². The topological polar surface area (TPSA) is 38.0 Å². The van der Waals surface area contributed by atoms with Crippen LogP contribution in [0.25, 0.3) is 11.1 Å². The van der Waals surface area contributed by atoms with Gasteiger partial charge >= 0.3 is 0 Å². The fourth-order valence-electron chi connectivity index (χ4n) is 1.90. The van der Waals surface area contributed by atoms with E-state index in [-0.39, 0.29) is 6.61 Å². The molecule has 0 saturated heterocycles. The smallest absolute Gasteiger partial charge is 0.0568 e. The first-order valence-corrected chi connectivity index (χ1v) is 5.95. The van der Waals surface area contributed by atoms with E-state index in [4.69, 9.17) is 5.11 Å². The van der Waals surface area contributed by atoms with Crippen LogP contribution in [0, 0.1) is 0 Å². The first kappa shape index (κ1) is 11.9. The van der Waals surface area contributed by atoms with Gasteiger partial charge in [-0.3, -0.25) is 4.68 Å². The second-order valence-corrected chi connectivity index (χ2v) is 4.43. The van der Waals surface area contributed by atoms with Crippen LogP contribution >= 0.6 is 0 Å². The van der Waals surface area contributed by atoms with Gasteiger partial charge in [-0.15, -0.1) is 0 Å². The molecule has 3 nitrogen and oxygen atoms in total. The third kappa shape index (κ3) is 2.56. The molecule has 0 aliphatic heterocycles. The van der Waals surface area contributed by atoms with Crippen LogP contribution in [0.15, 0.2) is 36.7 Å². The number of aliphatic hydroxyl groups excluding tert-OH is 1. The lowest BCUT2D eigenvalue weighted by Gasteiger charge is -2.06. The Bertz CT molecular complexity index is 488. The Balaban J connectivity index is 2.38. The molecule has 0 fully saturated rings. The minimum absolute atomic E-state index is 0.176. The van der Waals surface area contributed by atoms with Crippen molar-refractivity contribution in [2.45, 2.75) is 26.3 Å². The third-order valence-electron chi connectivity index (χ3n) is 2.84. The van der Waals surface area contributed by atoms with Crippen LogP contribution in [0.2, 0.25) is 0 Å².